The summed E-state index contributed by atoms with van der Waals surface area (Å²) in [7, 11) is 0. The predicted octanol–water partition coefficient (Wildman–Crippen LogP) is 0.749. The van der Waals surface area contributed by atoms with Crippen molar-refractivity contribution >= 4 is 5.97 Å². The summed E-state index contributed by atoms with van der Waals surface area (Å²) in [6.45, 7) is 2.24. The van der Waals surface area contributed by atoms with Crippen LogP contribution in [0.1, 0.15) is 90.4 Å². The third kappa shape index (κ3) is 20.8. The monoisotopic (exact) mass is 336 g/mol. The van der Waals surface area contributed by atoms with Crippen LogP contribution in [0.4, 0.5) is 0 Å². The molecule has 0 rings (SSSR count). The van der Waals surface area contributed by atoms with Gasteiger partial charge in [0.15, 0.2) is 0 Å². The summed E-state index contributed by atoms with van der Waals surface area (Å²) in [5, 5.41) is 20.0. The average molecular weight is 337 g/mol. The number of carbonyl (C=O) groups excluding carboxylic acids is 1. The zero-order valence-corrected chi connectivity index (χ0v) is 17.8. The van der Waals surface area contributed by atoms with Crippen LogP contribution in [0.25, 0.3) is 0 Å². The Balaban J connectivity index is 0. The summed E-state index contributed by atoms with van der Waals surface area (Å²) >= 11 is 0. The van der Waals surface area contributed by atoms with Crippen molar-refractivity contribution in [2.24, 2.45) is 0 Å². The number of aliphatic hydroxyl groups is 1. The van der Waals surface area contributed by atoms with E-state index in [1.165, 1.54) is 38.5 Å². The van der Waals surface area contributed by atoms with Gasteiger partial charge in [0.05, 0.1) is 6.10 Å². The number of unbranched alkanes of at least 4 members (excludes halogenated alkanes) is 7. The minimum Gasteiger partial charge on any atom is -0.550 e. The van der Waals surface area contributed by atoms with Gasteiger partial charge < -0.3 is 15.0 Å². The van der Waals surface area contributed by atoms with Crippen LogP contribution in [0.3, 0.4) is 0 Å². The van der Waals surface area contributed by atoms with Gasteiger partial charge in [-0.25, -0.2) is 0 Å². The van der Waals surface area contributed by atoms with Crippen molar-refractivity contribution in [1.29, 1.82) is 0 Å². The number of carbonyl (C=O) groups is 1. The minimum absolute atomic E-state index is 0. The standard InChI is InChI=1S/C18H34O3.K/c1-2-3-4-5-6-7-8-9-10-11-14-17(19)15-12-13-16-18(20)21;/h9-10,17,19H,2-8,11-16H2,1H3,(H,20,21);/q;+1/p-1/b10-9-;. The molecule has 0 saturated heterocycles. The maximum Gasteiger partial charge on any atom is 1.00 e. The third-order valence-corrected chi connectivity index (χ3v) is 3.73. The molecule has 0 fully saturated rings. The summed E-state index contributed by atoms with van der Waals surface area (Å²) in [5.41, 5.74) is 0. The Labute approximate surface area is 179 Å². The van der Waals surface area contributed by atoms with Crippen molar-refractivity contribution in [3.05, 3.63) is 12.2 Å². The molecule has 0 aromatic rings. The molecular weight excluding hydrogens is 303 g/mol. The van der Waals surface area contributed by atoms with Crippen molar-refractivity contribution in [3.63, 3.8) is 0 Å². The Kier molecular flexibility index (Phi) is 22.6. The number of hydrogen-bond acceptors (Lipinski definition) is 3. The first kappa shape index (κ1) is 25.1. The van der Waals surface area contributed by atoms with Gasteiger partial charge in [-0.3, -0.25) is 0 Å². The molecule has 0 spiro atoms. The number of hydrogen-bond donors (Lipinski definition) is 1. The second kappa shape index (κ2) is 19.9. The Hall–Kier alpha value is 0.806. The van der Waals surface area contributed by atoms with E-state index >= 15 is 0 Å². The quantitative estimate of drug-likeness (QED) is 0.273. The van der Waals surface area contributed by atoms with Gasteiger partial charge >= 0.3 is 51.4 Å². The third-order valence-electron chi connectivity index (χ3n) is 3.73. The molecular formula is C18H33KO3. The number of carboxylic acid groups (broad SMARTS) is 1. The summed E-state index contributed by atoms with van der Waals surface area (Å²) in [6, 6.07) is 0. The topological polar surface area (TPSA) is 60.4 Å². The second-order valence-electron chi connectivity index (χ2n) is 5.88. The van der Waals surface area contributed by atoms with E-state index in [-0.39, 0.29) is 63.9 Å². The molecule has 0 saturated carbocycles. The molecule has 22 heavy (non-hydrogen) atoms. The normalized spacial score (nSPS) is 12.3. The number of rotatable bonds is 15. The molecule has 0 heterocycles. The number of allylic oxidation sites excluding steroid dienone is 2. The van der Waals surface area contributed by atoms with E-state index in [9.17, 15) is 15.0 Å². The second-order valence-corrected chi connectivity index (χ2v) is 5.88. The molecule has 0 aromatic heterocycles. The molecule has 1 unspecified atom stereocenters. The molecule has 1 N–H and O–H groups in total. The fourth-order valence-electron chi connectivity index (χ4n) is 2.36. The fourth-order valence-corrected chi connectivity index (χ4v) is 2.36. The smallest absolute Gasteiger partial charge is 0.550 e. The van der Waals surface area contributed by atoms with E-state index in [1.807, 2.05) is 0 Å². The van der Waals surface area contributed by atoms with E-state index in [2.05, 4.69) is 19.1 Å². The summed E-state index contributed by atoms with van der Waals surface area (Å²) in [4.78, 5) is 10.2. The molecule has 0 radical (unpaired) electrons. The van der Waals surface area contributed by atoms with Gasteiger partial charge in [0.1, 0.15) is 0 Å². The van der Waals surface area contributed by atoms with Gasteiger partial charge in [0.25, 0.3) is 0 Å². The largest absolute Gasteiger partial charge is 1.00 e. The zero-order valence-electron chi connectivity index (χ0n) is 14.7. The molecule has 0 bridgehead atoms. The maximum absolute atomic E-state index is 10.2. The first-order valence-electron chi connectivity index (χ1n) is 8.69. The Morgan fingerprint density at radius 2 is 1.59 bits per heavy atom. The average Bonchev–Trinajstić information content (AvgIpc) is 2.45. The molecule has 124 valence electrons. The summed E-state index contributed by atoms with van der Waals surface area (Å²) < 4.78 is 0. The van der Waals surface area contributed by atoms with Crippen molar-refractivity contribution in [1.82, 2.24) is 0 Å². The molecule has 4 heteroatoms. The molecule has 3 nitrogen and oxygen atoms in total. The van der Waals surface area contributed by atoms with E-state index in [0.717, 1.165) is 25.7 Å². The van der Waals surface area contributed by atoms with E-state index < -0.39 is 5.97 Å². The van der Waals surface area contributed by atoms with Crippen LogP contribution < -0.4 is 56.5 Å². The molecule has 1 atom stereocenters. The van der Waals surface area contributed by atoms with Crippen molar-refractivity contribution in [2.75, 3.05) is 0 Å². The van der Waals surface area contributed by atoms with Crippen LogP contribution in [0.5, 0.6) is 0 Å². The molecule has 0 aromatic carbocycles. The van der Waals surface area contributed by atoms with E-state index in [0.29, 0.717) is 12.8 Å². The number of aliphatic carboxylic acids is 1. The fraction of sp³-hybridized carbons (Fsp3) is 0.833. The Morgan fingerprint density at radius 3 is 2.27 bits per heavy atom. The number of aliphatic hydroxyl groups excluding tert-OH is 1. The van der Waals surface area contributed by atoms with Crippen LogP contribution in [0, 0.1) is 0 Å². The van der Waals surface area contributed by atoms with Crippen LogP contribution in [0.15, 0.2) is 12.2 Å². The van der Waals surface area contributed by atoms with Crippen LogP contribution in [0.2, 0.25) is 0 Å². The van der Waals surface area contributed by atoms with Crippen LogP contribution >= 0.6 is 0 Å². The van der Waals surface area contributed by atoms with Gasteiger partial charge in [0, 0.05) is 5.97 Å². The van der Waals surface area contributed by atoms with Gasteiger partial charge in [-0.2, -0.15) is 0 Å². The van der Waals surface area contributed by atoms with Gasteiger partial charge in [0.2, 0.25) is 0 Å². The van der Waals surface area contributed by atoms with Crippen molar-refractivity contribution < 1.29 is 66.4 Å². The Bertz CT molecular complexity index is 267. The van der Waals surface area contributed by atoms with E-state index in [1.54, 1.807) is 0 Å². The van der Waals surface area contributed by atoms with Gasteiger partial charge in [-0.15, -0.1) is 0 Å². The summed E-state index contributed by atoms with van der Waals surface area (Å²) in [5.74, 6) is -0.998. The zero-order chi connectivity index (χ0) is 15.8. The minimum atomic E-state index is -0.998. The van der Waals surface area contributed by atoms with Crippen molar-refractivity contribution in [2.45, 2.75) is 96.5 Å². The first-order valence-corrected chi connectivity index (χ1v) is 8.69. The molecule has 0 aliphatic heterocycles. The Morgan fingerprint density at radius 1 is 0.955 bits per heavy atom. The van der Waals surface area contributed by atoms with Crippen molar-refractivity contribution in [3.8, 4) is 0 Å². The van der Waals surface area contributed by atoms with Crippen LogP contribution in [-0.4, -0.2) is 17.2 Å². The van der Waals surface area contributed by atoms with Gasteiger partial charge in [-0.1, -0.05) is 57.6 Å². The molecule has 0 aliphatic carbocycles. The first-order chi connectivity index (χ1) is 10.2. The SMILES string of the molecule is CCCCCCCC/C=C\CCC(O)CCCCC(=O)[O-].[K+]. The predicted molar refractivity (Wildman–Crippen MR) is 85.8 cm³/mol. The van der Waals surface area contributed by atoms with Crippen LogP contribution in [-0.2, 0) is 4.79 Å². The molecule has 0 amide bonds. The number of carboxylic acids is 1. The summed E-state index contributed by atoms with van der Waals surface area (Å²) in [6.07, 6.45) is 17.1. The molecule has 0 aliphatic rings. The van der Waals surface area contributed by atoms with Gasteiger partial charge in [-0.05, 0) is 44.9 Å². The maximum atomic E-state index is 10.2. The van der Waals surface area contributed by atoms with E-state index in [4.69, 9.17) is 0 Å².